The molecule has 10 heteroatoms. The summed E-state index contributed by atoms with van der Waals surface area (Å²) in [5, 5.41) is 0. The number of rotatable bonds is 38. The van der Waals surface area contributed by atoms with Gasteiger partial charge in [0.1, 0.15) is 19.8 Å². The van der Waals surface area contributed by atoms with Gasteiger partial charge in [-0.25, -0.2) is 4.57 Å². The summed E-state index contributed by atoms with van der Waals surface area (Å²) in [6.07, 6.45) is 29.9. The van der Waals surface area contributed by atoms with Crippen LogP contribution in [0.5, 0.6) is 0 Å². The number of carbonyl (C=O) groups is 2. The lowest BCUT2D eigenvalue weighted by Gasteiger charge is -2.24. The predicted molar refractivity (Wildman–Crippen MR) is 211 cm³/mol. The number of likely N-dealkylation sites (N-methyl/N-ethyl adjacent to an activating group) is 1. The van der Waals surface area contributed by atoms with Crippen LogP contribution < -0.4 is 0 Å². The molecule has 9 nitrogen and oxygen atoms in total. The molecule has 1 unspecified atom stereocenters. The van der Waals surface area contributed by atoms with Crippen molar-refractivity contribution in [3.63, 3.8) is 0 Å². The average molecular weight is 749 g/mol. The third kappa shape index (κ3) is 37.1. The zero-order valence-corrected chi connectivity index (χ0v) is 35.2. The highest BCUT2D eigenvalue weighted by atomic mass is 31.2. The molecule has 0 saturated carbocycles. The van der Waals surface area contributed by atoms with Gasteiger partial charge in [0.25, 0.3) is 0 Å². The van der Waals surface area contributed by atoms with Crippen molar-refractivity contribution in [2.24, 2.45) is 5.92 Å². The molecule has 0 amide bonds. The minimum absolute atomic E-state index is 0.0360. The molecule has 1 N–H and O–H groups in total. The summed E-state index contributed by atoms with van der Waals surface area (Å²) in [6, 6.07) is 0. The molecule has 0 aliphatic carbocycles. The highest BCUT2D eigenvalue weighted by molar-refractivity contribution is 7.47. The molecule has 0 aromatic rings. The molecule has 304 valence electrons. The first-order chi connectivity index (χ1) is 24.4. The third-order valence-corrected chi connectivity index (χ3v) is 10.7. The summed E-state index contributed by atoms with van der Waals surface area (Å²) in [7, 11) is 1.49. The van der Waals surface area contributed by atoms with E-state index in [1.54, 1.807) is 0 Å². The Balaban J connectivity index is 4.36. The van der Waals surface area contributed by atoms with Gasteiger partial charge in [0.15, 0.2) is 6.10 Å². The first-order valence-corrected chi connectivity index (χ1v) is 22.7. The first kappa shape index (κ1) is 50.0. The molecule has 0 aliphatic heterocycles. The molecule has 0 heterocycles. The fourth-order valence-corrected chi connectivity index (χ4v) is 6.67. The van der Waals surface area contributed by atoms with E-state index >= 15 is 0 Å². The Kier molecular flexibility index (Phi) is 32.9. The van der Waals surface area contributed by atoms with Crippen LogP contribution in [-0.4, -0.2) is 74.9 Å². The maximum absolute atomic E-state index is 12.6. The van der Waals surface area contributed by atoms with Crippen molar-refractivity contribution in [2.45, 2.75) is 200 Å². The molecular weight excluding hydrogens is 665 g/mol. The second kappa shape index (κ2) is 33.6. The van der Waals surface area contributed by atoms with E-state index in [-0.39, 0.29) is 25.6 Å². The van der Waals surface area contributed by atoms with Gasteiger partial charge in [0.05, 0.1) is 27.7 Å². The van der Waals surface area contributed by atoms with Crippen molar-refractivity contribution >= 4 is 19.8 Å². The van der Waals surface area contributed by atoms with Crippen LogP contribution in [0.3, 0.4) is 0 Å². The second-order valence-electron chi connectivity index (χ2n) is 16.0. The number of esters is 2. The number of quaternary nitrogens is 1. The number of ether oxygens (including phenoxy) is 2. The molecule has 0 spiro atoms. The molecule has 0 aromatic heterocycles. The fourth-order valence-electron chi connectivity index (χ4n) is 5.93. The molecule has 0 radical (unpaired) electrons. The number of phosphoric acid groups is 1. The molecule has 0 rings (SSSR count). The smallest absolute Gasteiger partial charge is 0.462 e. The Morgan fingerprint density at radius 3 is 1.49 bits per heavy atom. The Morgan fingerprint density at radius 2 is 1.04 bits per heavy atom. The molecule has 0 aromatic carbocycles. The zero-order chi connectivity index (χ0) is 38.1. The lowest BCUT2D eigenvalue weighted by Crippen LogP contribution is -2.37. The normalized spacial score (nSPS) is 14.3. The quantitative estimate of drug-likeness (QED) is 0.0288. The van der Waals surface area contributed by atoms with Crippen LogP contribution in [0, 0.1) is 5.92 Å². The van der Waals surface area contributed by atoms with Gasteiger partial charge in [-0.1, -0.05) is 168 Å². The van der Waals surface area contributed by atoms with Crippen LogP contribution in [0.2, 0.25) is 0 Å². The Labute approximate surface area is 314 Å². The van der Waals surface area contributed by atoms with Gasteiger partial charge >= 0.3 is 19.8 Å². The van der Waals surface area contributed by atoms with E-state index in [1.807, 2.05) is 21.1 Å². The molecular formula is C41H83NO8P+. The Morgan fingerprint density at radius 1 is 0.608 bits per heavy atom. The van der Waals surface area contributed by atoms with Gasteiger partial charge in [-0.3, -0.25) is 18.6 Å². The minimum atomic E-state index is -4.36. The maximum atomic E-state index is 12.6. The largest absolute Gasteiger partial charge is 0.472 e. The average Bonchev–Trinajstić information content (AvgIpc) is 3.07. The molecule has 0 fully saturated rings. The fraction of sp³-hybridized carbons (Fsp3) is 0.951. The Bertz CT molecular complexity index is 865. The van der Waals surface area contributed by atoms with E-state index in [4.69, 9.17) is 18.5 Å². The third-order valence-electron chi connectivity index (χ3n) is 9.68. The highest BCUT2D eigenvalue weighted by Crippen LogP contribution is 2.43. The predicted octanol–water partition coefficient (Wildman–Crippen LogP) is 11.5. The van der Waals surface area contributed by atoms with E-state index in [0.717, 1.165) is 38.0 Å². The van der Waals surface area contributed by atoms with Crippen molar-refractivity contribution in [3.05, 3.63) is 0 Å². The van der Waals surface area contributed by atoms with Crippen molar-refractivity contribution < 1.29 is 42.1 Å². The summed E-state index contributed by atoms with van der Waals surface area (Å²) < 4.78 is 34.3. The lowest BCUT2D eigenvalue weighted by atomic mass is 9.99. The summed E-state index contributed by atoms with van der Waals surface area (Å²) in [4.78, 5) is 35.3. The van der Waals surface area contributed by atoms with Crippen molar-refractivity contribution in [2.75, 3.05) is 47.5 Å². The van der Waals surface area contributed by atoms with E-state index in [1.165, 1.54) is 122 Å². The first-order valence-electron chi connectivity index (χ1n) is 21.2. The van der Waals surface area contributed by atoms with Crippen LogP contribution in [0.15, 0.2) is 0 Å². The highest BCUT2D eigenvalue weighted by Gasteiger charge is 2.27. The zero-order valence-electron chi connectivity index (χ0n) is 34.3. The monoisotopic (exact) mass is 749 g/mol. The molecule has 51 heavy (non-hydrogen) atoms. The van der Waals surface area contributed by atoms with Gasteiger partial charge in [-0.2, -0.15) is 0 Å². The van der Waals surface area contributed by atoms with Crippen molar-refractivity contribution in [1.29, 1.82) is 0 Å². The topological polar surface area (TPSA) is 108 Å². The summed E-state index contributed by atoms with van der Waals surface area (Å²) in [5.74, 6) is 0.0669. The van der Waals surface area contributed by atoms with Gasteiger partial charge in [0, 0.05) is 12.8 Å². The van der Waals surface area contributed by atoms with Crippen molar-refractivity contribution in [1.82, 2.24) is 0 Å². The number of unbranched alkanes of at least 4 members (excludes halogenated alkanes) is 21. The maximum Gasteiger partial charge on any atom is 0.472 e. The van der Waals surface area contributed by atoms with Crippen LogP contribution in [-0.2, 0) is 32.7 Å². The summed E-state index contributed by atoms with van der Waals surface area (Å²) in [6.45, 7) is 6.79. The summed E-state index contributed by atoms with van der Waals surface area (Å²) in [5.41, 5.74) is 0. The minimum Gasteiger partial charge on any atom is -0.462 e. The standard InChI is InChI=1S/C41H82NO8P/c1-7-9-10-11-12-13-14-15-16-21-24-27-30-33-41(44)50-39(37-49-51(45,46)48-35-34-42(4,5)6)36-47-40(43)32-29-26-23-20-18-17-19-22-25-28-31-38(3)8-2/h38-39H,7-37H2,1-6H3/p+1/t38-,39+/m0/s1. The van der Waals surface area contributed by atoms with Crippen LogP contribution in [0.4, 0.5) is 0 Å². The van der Waals surface area contributed by atoms with Gasteiger partial charge in [0.2, 0.25) is 0 Å². The van der Waals surface area contributed by atoms with Gasteiger partial charge < -0.3 is 18.9 Å². The lowest BCUT2D eigenvalue weighted by molar-refractivity contribution is -0.870. The van der Waals surface area contributed by atoms with Gasteiger partial charge in [-0.15, -0.1) is 0 Å². The van der Waals surface area contributed by atoms with Crippen LogP contribution in [0.1, 0.15) is 194 Å². The van der Waals surface area contributed by atoms with E-state index < -0.39 is 26.5 Å². The van der Waals surface area contributed by atoms with Crippen molar-refractivity contribution in [3.8, 4) is 0 Å². The molecule has 0 saturated heterocycles. The second-order valence-corrected chi connectivity index (χ2v) is 17.4. The Hall–Kier alpha value is -0.990. The van der Waals surface area contributed by atoms with Gasteiger partial charge in [-0.05, 0) is 18.8 Å². The molecule has 3 atom stereocenters. The number of nitrogens with zero attached hydrogens (tertiary/aromatic N) is 1. The number of phosphoric ester groups is 1. The van der Waals surface area contributed by atoms with E-state index in [2.05, 4.69) is 20.8 Å². The van der Waals surface area contributed by atoms with Crippen LogP contribution >= 0.6 is 7.82 Å². The number of hydrogen-bond donors (Lipinski definition) is 1. The van der Waals surface area contributed by atoms with E-state index in [0.29, 0.717) is 23.9 Å². The molecule has 0 bridgehead atoms. The van der Waals surface area contributed by atoms with E-state index in [9.17, 15) is 19.0 Å². The summed E-state index contributed by atoms with van der Waals surface area (Å²) >= 11 is 0. The molecule has 0 aliphatic rings. The van der Waals surface area contributed by atoms with Crippen LogP contribution in [0.25, 0.3) is 0 Å². The SMILES string of the molecule is CCCCCCCCCCCCCCCC(=O)O[C@H](COC(=O)CCCCCCCCCCCC[C@@H](C)CC)COP(=O)(O)OCC[N+](C)(C)C. The number of carbonyl (C=O) groups excluding carboxylic acids is 2. The number of hydrogen-bond acceptors (Lipinski definition) is 7.